The summed E-state index contributed by atoms with van der Waals surface area (Å²) < 4.78 is 1.96. The Labute approximate surface area is 143 Å². The quantitative estimate of drug-likeness (QED) is 0.448. The van der Waals surface area contributed by atoms with Crippen molar-refractivity contribution in [2.75, 3.05) is 0 Å². The SMILES string of the molecule is Cc1cc(/C=N\NC(N)=S)c(C)n1-c1ccc(C(=O)O)c(Cl)c1. The van der Waals surface area contributed by atoms with E-state index in [-0.39, 0.29) is 15.7 Å². The number of halogens is 1. The second kappa shape index (κ2) is 6.80. The fraction of sp³-hybridized carbons (Fsp3) is 0.133. The summed E-state index contributed by atoms with van der Waals surface area (Å²) in [5.41, 5.74) is 11.4. The van der Waals surface area contributed by atoms with Gasteiger partial charge in [-0.2, -0.15) is 5.10 Å². The topological polar surface area (TPSA) is 92.6 Å². The van der Waals surface area contributed by atoms with Crippen LogP contribution in [-0.2, 0) is 0 Å². The third kappa shape index (κ3) is 3.69. The van der Waals surface area contributed by atoms with Crippen molar-refractivity contribution in [3.8, 4) is 5.69 Å². The molecule has 0 radical (unpaired) electrons. The van der Waals surface area contributed by atoms with Crippen molar-refractivity contribution < 1.29 is 9.90 Å². The molecule has 0 atom stereocenters. The van der Waals surface area contributed by atoms with Crippen LogP contribution >= 0.6 is 23.8 Å². The van der Waals surface area contributed by atoms with Crippen molar-refractivity contribution in [1.82, 2.24) is 9.99 Å². The fourth-order valence-electron chi connectivity index (χ4n) is 2.30. The third-order valence-corrected chi connectivity index (χ3v) is 3.69. The molecule has 0 bridgehead atoms. The minimum Gasteiger partial charge on any atom is -0.478 e. The van der Waals surface area contributed by atoms with Crippen LogP contribution in [-0.4, -0.2) is 27.0 Å². The van der Waals surface area contributed by atoms with Crippen LogP contribution in [0.25, 0.3) is 5.69 Å². The van der Waals surface area contributed by atoms with Gasteiger partial charge in [0.25, 0.3) is 0 Å². The number of carboxylic acid groups (broad SMARTS) is 1. The molecule has 0 amide bonds. The monoisotopic (exact) mass is 350 g/mol. The van der Waals surface area contributed by atoms with Gasteiger partial charge in [0.05, 0.1) is 16.8 Å². The number of benzene rings is 1. The maximum absolute atomic E-state index is 11.0. The van der Waals surface area contributed by atoms with Crippen molar-refractivity contribution in [3.05, 3.63) is 51.8 Å². The zero-order valence-electron chi connectivity index (χ0n) is 12.5. The normalized spacial score (nSPS) is 10.9. The van der Waals surface area contributed by atoms with Crippen LogP contribution < -0.4 is 11.2 Å². The summed E-state index contributed by atoms with van der Waals surface area (Å²) in [4.78, 5) is 11.0. The van der Waals surface area contributed by atoms with Crippen LogP contribution in [0.3, 0.4) is 0 Å². The molecular formula is C15H15ClN4O2S. The lowest BCUT2D eigenvalue weighted by Crippen LogP contribution is -2.24. The zero-order valence-corrected chi connectivity index (χ0v) is 14.1. The molecule has 0 saturated heterocycles. The molecule has 0 unspecified atom stereocenters. The molecule has 4 N–H and O–H groups in total. The molecule has 0 aliphatic rings. The molecule has 0 fully saturated rings. The summed E-state index contributed by atoms with van der Waals surface area (Å²) >= 11 is 10.7. The minimum absolute atomic E-state index is 0.0697. The Hall–Kier alpha value is -2.38. The Kier molecular flexibility index (Phi) is 5.02. The number of carbonyl (C=O) groups is 1. The first-order valence-electron chi connectivity index (χ1n) is 6.62. The Balaban J connectivity index is 2.43. The first kappa shape index (κ1) is 17.0. The molecule has 0 saturated carbocycles. The lowest BCUT2D eigenvalue weighted by atomic mass is 10.2. The maximum atomic E-state index is 11.0. The molecule has 2 aromatic rings. The van der Waals surface area contributed by atoms with Gasteiger partial charge in [-0.3, -0.25) is 5.43 Å². The third-order valence-electron chi connectivity index (χ3n) is 3.29. The maximum Gasteiger partial charge on any atom is 0.337 e. The largest absolute Gasteiger partial charge is 0.478 e. The van der Waals surface area contributed by atoms with Gasteiger partial charge >= 0.3 is 5.97 Å². The first-order chi connectivity index (χ1) is 10.8. The number of thiocarbonyl (C=S) groups is 1. The van der Waals surface area contributed by atoms with Gasteiger partial charge in [-0.05, 0) is 50.3 Å². The highest BCUT2D eigenvalue weighted by Crippen LogP contribution is 2.24. The van der Waals surface area contributed by atoms with E-state index in [1.165, 1.54) is 6.07 Å². The van der Waals surface area contributed by atoms with Crippen molar-refractivity contribution in [2.45, 2.75) is 13.8 Å². The number of carboxylic acids is 1. The average molecular weight is 351 g/mol. The van der Waals surface area contributed by atoms with Gasteiger partial charge < -0.3 is 15.4 Å². The molecule has 0 spiro atoms. The van der Waals surface area contributed by atoms with Gasteiger partial charge in [-0.1, -0.05) is 11.6 Å². The number of hydrazone groups is 1. The van der Waals surface area contributed by atoms with Crippen LogP contribution in [0.2, 0.25) is 5.02 Å². The summed E-state index contributed by atoms with van der Waals surface area (Å²) in [7, 11) is 0. The van der Waals surface area contributed by atoms with Crippen LogP contribution in [0.1, 0.15) is 27.3 Å². The average Bonchev–Trinajstić information content (AvgIpc) is 2.72. The number of nitrogens with two attached hydrogens (primary N) is 1. The summed E-state index contributed by atoms with van der Waals surface area (Å²) in [6.07, 6.45) is 1.62. The lowest BCUT2D eigenvalue weighted by Gasteiger charge is -2.11. The Morgan fingerprint density at radius 2 is 2.13 bits per heavy atom. The number of aryl methyl sites for hydroxylation is 1. The predicted octanol–water partition coefficient (Wildman–Crippen LogP) is 2.61. The van der Waals surface area contributed by atoms with E-state index in [1.54, 1.807) is 18.3 Å². The second-order valence-corrected chi connectivity index (χ2v) is 5.71. The molecule has 120 valence electrons. The van der Waals surface area contributed by atoms with E-state index in [0.29, 0.717) is 0 Å². The number of rotatable bonds is 4. The molecule has 23 heavy (non-hydrogen) atoms. The summed E-state index contributed by atoms with van der Waals surface area (Å²) in [6.45, 7) is 3.86. The highest BCUT2D eigenvalue weighted by atomic mass is 35.5. The number of aromatic carboxylic acids is 1. The Morgan fingerprint density at radius 1 is 1.43 bits per heavy atom. The first-order valence-corrected chi connectivity index (χ1v) is 7.40. The van der Waals surface area contributed by atoms with E-state index in [4.69, 9.17) is 22.4 Å². The fourth-order valence-corrected chi connectivity index (χ4v) is 2.61. The smallest absolute Gasteiger partial charge is 0.337 e. The van der Waals surface area contributed by atoms with Gasteiger partial charge in [0.15, 0.2) is 5.11 Å². The molecule has 6 nitrogen and oxygen atoms in total. The van der Waals surface area contributed by atoms with E-state index >= 15 is 0 Å². The molecule has 0 aliphatic carbocycles. The number of hydrogen-bond acceptors (Lipinski definition) is 3. The van der Waals surface area contributed by atoms with E-state index < -0.39 is 5.97 Å². The number of hydrogen-bond donors (Lipinski definition) is 3. The Bertz CT molecular complexity index is 814. The second-order valence-electron chi connectivity index (χ2n) is 4.87. The van der Waals surface area contributed by atoms with Gasteiger partial charge in [0.1, 0.15) is 0 Å². The van der Waals surface area contributed by atoms with Crippen LogP contribution in [0.4, 0.5) is 0 Å². The molecule has 2 rings (SSSR count). The lowest BCUT2D eigenvalue weighted by molar-refractivity contribution is 0.0697. The summed E-state index contributed by atoms with van der Waals surface area (Å²) in [5.74, 6) is -1.06. The van der Waals surface area contributed by atoms with Crippen molar-refractivity contribution in [3.63, 3.8) is 0 Å². The van der Waals surface area contributed by atoms with E-state index in [0.717, 1.165) is 22.6 Å². The Morgan fingerprint density at radius 3 is 2.70 bits per heavy atom. The molecule has 0 aliphatic heterocycles. The molecule has 1 aromatic carbocycles. The van der Waals surface area contributed by atoms with Crippen LogP contribution in [0.5, 0.6) is 0 Å². The van der Waals surface area contributed by atoms with E-state index in [1.807, 2.05) is 24.5 Å². The number of nitrogens with one attached hydrogen (secondary N) is 1. The highest BCUT2D eigenvalue weighted by molar-refractivity contribution is 7.80. The summed E-state index contributed by atoms with van der Waals surface area (Å²) in [6, 6.07) is 6.77. The van der Waals surface area contributed by atoms with E-state index in [9.17, 15) is 4.79 Å². The van der Waals surface area contributed by atoms with Crippen LogP contribution in [0.15, 0.2) is 29.4 Å². The zero-order chi connectivity index (χ0) is 17.1. The summed E-state index contributed by atoms with van der Waals surface area (Å²) in [5, 5.41) is 13.3. The number of aromatic nitrogens is 1. The van der Waals surface area contributed by atoms with Crippen LogP contribution in [0, 0.1) is 13.8 Å². The van der Waals surface area contributed by atoms with Gasteiger partial charge in [0, 0.05) is 22.6 Å². The number of nitrogens with zero attached hydrogens (tertiary/aromatic N) is 2. The highest BCUT2D eigenvalue weighted by Gasteiger charge is 2.13. The van der Waals surface area contributed by atoms with Gasteiger partial charge in [-0.15, -0.1) is 0 Å². The van der Waals surface area contributed by atoms with Gasteiger partial charge in [0.2, 0.25) is 0 Å². The van der Waals surface area contributed by atoms with Crippen molar-refractivity contribution >= 4 is 41.1 Å². The minimum atomic E-state index is -1.06. The predicted molar refractivity (Wildman–Crippen MR) is 94.7 cm³/mol. The van der Waals surface area contributed by atoms with E-state index in [2.05, 4.69) is 22.7 Å². The van der Waals surface area contributed by atoms with Crippen molar-refractivity contribution in [2.24, 2.45) is 10.8 Å². The molecule has 1 heterocycles. The molecular weight excluding hydrogens is 336 g/mol. The standard InChI is InChI=1S/C15H15ClN4O2S/c1-8-5-10(7-18-19-15(17)23)9(2)20(8)11-3-4-12(14(21)22)13(16)6-11/h3-7H,1-2H3,(H,21,22)(H3,17,19,23)/b18-7-. The molecule has 1 aromatic heterocycles. The van der Waals surface area contributed by atoms with Gasteiger partial charge in [-0.25, -0.2) is 4.79 Å². The molecule has 8 heteroatoms. The van der Waals surface area contributed by atoms with Crippen molar-refractivity contribution in [1.29, 1.82) is 0 Å².